The van der Waals surface area contributed by atoms with Crippen molar-refractivity contribution in [2.75, 3.05) is 13.1 Å². The molecule has 1 aliphatic rings. The molecule has 32 heavy (non-hydrogen) atoms. The van der Waals surface area contributed by atoms with E-state index in [9.17, 15) is 27.6 Å². The molecular formula is C21H20F3N5O3. The highest BCUT2D eigenvalue weighted by atomic mass is 19.4. The summed E-state index contributed by atoms with van der Waals surface area (Å²) in [6.07, 6.45) is -2.24. The Labute approximate surface area is 179 Å². The van der Waals surface area contributed by atoms with Crippen LogP contribution in [0.3, 0.4) is 0 Å². The smallest absolute Gasteiger partial charge is 0.337 e. The minimum absolute atomic E-state index is 0.0894. The van der Waals surface area contributed by atoms with Crippen LogP contribution in [0.25, 0.3) is 11.0 Å². The number of alkyl halides is 3. The van der Waals surface area contributed by atoms with Crippen LogP contribution in [0.4, 0.5) is 13.2 Å². The molecule has 0 aliphatic carbocycles. The molecule has 8 nitrogen and oxygen atoms in total. The van der Waals surface area contributed by atoms with Gasteiger partial charge in [0.25, 0.3) is 11.5 Å². The Hall–Kier alpha value is -3.50. The van der Waals surface area contributed by atoms with Gasteiger partial charge in [-0.1, -0.05) is 6.07 Å². The Morgan fingerprint density at radius 2 is 1.91 bits per heavy atom. The molecule has 4 rings (SSSR count). The number of aryl methyl sites for hydroxylation is 1. The summed E-state index contributed by atoms with van der Waals surface area (Å²) in [5, 5.41) is -0.650. The van der Waals surface area contributed by atoms with Gasteiger partial charge in [0.2, 0.25) is 0 Å². The monoisotopic (exact) mass is 447 g/mol. The number of aromatic nitrogens is 4. The van der Waals surface area contributed by atoms with E-state index in [2.05, 4.69) is 9.97 Å². The van der Waals surface area contributed by atoms with Gasteiger partial charge in [0, 0.05) is 45.0 Å². The standard InChI is InChI=1S/C21H20F3N5O3/c1-27-17-16(19(31)28(2)20(27)32)13(21(22,23)24)10-15(26-17)12-6-5-9-29(11-12)18(30)14-7-3-4-8-25-14/h3-4,7-8,10,12H,5-6,9,11H2,1-2H3. The van der Waals surface area contributed by atoms with E-state index in [1.54, 1.807) is 23.1 Å². The van der Waals surface area contributed by atoms with E-state index < -0.39 is 34.3 Å². The van der Waals surface area contributed by atoms with Crippen molar-refractivity contribution in [3.8, 4) is 0 Å². The van der Waals surface area contributed by atoms with Crippen LogP contribution in [0.5, 0.6) is 0 Å². The zero-order valence-corrected chi connectivity index (χ0v) is 17.4. The summed E-state index contributed by atoms with van der Waals surface area (Å²) in [6.45, 7) is 0.606. The third-order valence-corrected chi connectivity index (χ3v) is 5.75. The van der Waals surface area contributed by atoms with Crippen LogP contribution in [-0.4, -0.2) is 43.0 Å². The summed E-state index contributed by atoms with van der Waals surface area (Å²) in [5.74, 6) is -0.797. The second kappa shape index (κ2) is 7.88. The van der Waals surface area contributed by atoms with Crippen LogP contribution >= 0.6 is 0 Å². The molecule has 168 valence electrons. The zero-order valence-electron chi connectivity index (χ0n) is 17.4. The summed E-state index contributed by atoms with van der Waals surface area (Å²) in [4.78, 5) is 47.5. The summed E-state index contributed by atoms with van der Waals surface area (Å²) in [6, 6.07) is 5.81. The summed E-state index contributed by atoms with van der Waals surface area (Å²) in [5.41, 5.74) is -2.94. The summed E-state index contributed by atoms with van der Waals surface area (Å²) >= 11 is 0. The van der Waals surface area contributed by atoms with E-state index in [-0.39, 0.29) is 29.5 Å². The SMILES string of the molecule is Cn1c(=O)c2c(C(F)(F)F)cc(C3CCCN(C(=O)c4ccccn4)C3)nc2n(C)c1=O. The van der Waals surface area contributed by atoms with Gasteiger partial charge >= 0.3 is 11.9 Å². The predicted octanol–water partition coefficient (Wildman–Crippen LogP) is 2.07. The quantitative estimate of drug-likeness (QED) is 0.600. The first kappa shape index (κ1) is 21.7. The highest BCUT2D eigenvalue weighted by Gasteiger charge is 2.37. The molecule has 11 heteroatoms. The van der Waals surface area contributed by atoms with Crippen molar-refractivity contribution in [3.05, 3.63) is 68.3 Å². The Balaban J connectivity index is 1.82. The molecule has 1 amide bonds. The first-order valence-corrected chi connectivity index (χ1v) is 9.97. The van der Waals surface area contributed by atoms with Crippen molar-refractivity contribution in [2.45, 2.75) is 24.9 Å². The normalized spacial score (nSPS) is 17.0. The molecule has 0 spiro atoms. The third-order valence-electron chi connectivity index (χ3n) is 5.75. The molecule has 0 saturated carbocycles. The van der Waals surface area contributed by atoms with Gasteiger partial charge in [0.15, 0.2) is 0 Å². The van der Waals surface area contributed by atoms with Crippen LogP contribution in [0.2, 0.25) is 0 Å². The molecule has 0 radical (unpaired) electrons. The first-order chi connectivity index (χ1) is 15.1. The molecule has 1 fully saturated rings. The second-order valence-corrected chi connectivity index (χ2v) is 7.80. The number of likely N-dealkylation sites (tertiary alicyclic amines) is 1. The van der Waals surface area contributed by atoms with Crippen molar-refractivity contribution in [2.24, 2.45) is 14.1 Å². The molecular weight excluding hydrogens is 427 g/mol. The topological polar surface area (TPSA) is 90.1 Å². The number of hydrogen-bond donors (Lipinski definition) is 0. The lowest BCUT2D eigenvalue weighted by Crippen LogP contribution is -2.40. The number of carbonyl (C=O) groups is 1. The first-order valence-electron chi connectivity index (χ1n) is 9.97. The van der Waals surface area contributed by atoms with Crippen molar-refractivity contribution < 1.29 is 18.0 Å². The second-order valence-electron chi connectivity index (χ2n) is 7.80. The maximum atomic E-state index is 13.9. The summed E-state index contributed by atoms with van der Waals surface area (Å²) in [7, 11) is 2.40. The van der Waals surface area contributed by atoms with Crippen molar-refractivity contribution in [1.29, 1.82) is 0 Å². The molecule has 1 aliphatic heterocycles. The Kier molecular flexibility index (Phi) is 5.35. The van der Waals surface area contributed by atoms with E-state index >= 15 is 0 Å². The van der Waals surface area contributed by atoms with Crippen LogP contribution in [0.1, 0.15) is 40.5 Å². The highest BCUT2D eigenvalue weighted by Crippen LogP contribution is 2.36. The number of nitrogens with zero attached hydrogens (tertiary/aromatic N) is 5. The summed E-state index contributed by atoms with van der Waals surface area (Å²) < 4.78 is 43.3. The number of amides is 1. The zero-order chi connectivity index (χ0) is 23.2. The lowest BCUT2D eigenvalue weighted by molar-refractivity contribution is -0.136. The van der Waals surface area contributed by atoms with Crippen LogP contribution < -0.4 is 11.2 Å². The minimum Gasteiger partial charge on any atom is -0.337 e. The largest absolute Gasteiger partial charge is 0.417 e. The van der Waals surface area contributed by atoms with E-state index in [1.807, 2.05) is 0 Å². The number of pyridine rings is 2. The molecule has 0 N–H and O–H groups in total. The Bertz CT molecular complexity index is 1310. The number of carbonyl (C=O) groups excluding carboxylic acids is 1. The van der Waals surface area contributed by atoms with E-state index in [4.69, 9.17) is 0 Å². The molecule has 1 atom stereocenters. The third kappa shape index (κ3) is 3.67. The van der Waals surface area contributed by atoms with Gasteiger partial charge in [0.05, 0.1) is 10.9 Å². The van der Waals surface area contributed by atoms with Crippen molar-refractivity contribution >= 4 is 16.9 Å². The molecule has 3 aromatic heterocycles. The predicted molar refractivity (Wildman–Crippen MR) is 109 cm³/mol. The van der Waals surface area contributed by atoms with Crippen molar-refractivity contribution in [3.63, 3.8) is 0 Å². The fourth-order valence-electron chi connectivity index (χ4n) is 4.06. The van der Waals surface area contributed by atoms with Crippen LogP contribution in [-0.2, 0) is 20.3 Å². The molecule has 0 bridgehead atoms. The van der Waals surface area contributed by atoms with Gasteiger partial charge in [-0.15, -0.1) is 0 Å². The van der Waals surface area contributed by atoms with Gasteiger partial charge in [-0.2, -0.15) is 13.2 Å². The van der Waals surface area contributed by atoms with Gasteiger partial charge in [-0.25, -0.2) is 9.78 Å². The van der Waals surface area contributed by atoms with Gasteiger partial charge in [-0.3, -0.25) is 23.7 Å². The maximum Gasteiger partial charge on any atom is 0.417 e. The molecule has 0 aromatic carbocycles. The fourth-order valence-corrected chi connectivity index (χ4v) is 4.06. The average molecular weight is 447 g/mol. The van der Waals surface area contributed by atoms with E-state index in [0.717, 1.165) is 17.7 Å². The highest BCUT2D eigenvalue weighted by molar-refractivity contribution is 5.92. The molecule has 1 saturated heterocycles. The maximum absolute atomic E-state index is 13.9. The Morgan fingerprint density at radius 3 is 2.56 bits per heavy atom. The van der Waals surface area contributed by atoms with Gasteiger partial charge < -0.3 is 4.90 Å². The molecule has 1 unspecified atom stereocenters. The number of halogens is 3. The van der Waals surface area contributed by atoms with Gasteiger partial charge in [-0.05, 0) is 31.0 Å². The Morgan fingerprint density at radius 1 is 1.16 bits per heavy atom. The fraction of sp³-hybridized carbons (Fsp3) is 0.381. The van der Waals surface area contributed by atoms with Crippen LogP contribution in [0, 0.1) is 0 Å². The van der Waals surface area contributed by atoms with Gasteiger partial charge in [0.1, 0.15) is 11.3 Å². The lowest BCUT2D eigenvalue weighted by Gasteiger charge is -2.32. The van der Waals surface area contributed by atoms with E-state index in [0.29, 0.717) is 24.0 Å². The number of piperidine rings is 1. The number of hydrogen-bond acceptors (Lipinski definition) is 5. The number of fused-ring (bicyclic) bond motifs is 1. The van der Waals surface area contributed by atoms with E-state index in [1.165, 1.54) is 13.2 Å². The minimum atomic E-state index is -4.82. The van der Waals surface area contributed by atoms with Crippen LogP contribution in [0.15, 0.2) is 40.1 Å². The lowest BCUT2D eigenvalue weighted by atomic mass is 9.92. The van der Waals surface area contributed by atoms with Crippen molar-refractivity contribution in [1.82, 2.24) is 24.0 Å². The number of rotatable bonds is 2. The molecule has 3 aromatic rings. The molecule has 4 heterocycles. The average Bonchev–Trinajstić information content (AvgIpc) is 2.80.